The smallest absolute Gasteiger partial charge is 0.238 e. The van der Waals surface area contributed by atoms with E-state index in [-0.39, 0.29) is 5.91 Å². The molecule has 2 fully saturated rings. The highest BCUT2D eigenvalue weighted by molar-refractivity contribution is 5.84. The fourth-order valence-corrected chi connectivity index (χ4v) is 4.64. The molecule has 1 aromatic carbocycles. The highest BCUT2D eigenvalue weighted by Gasteiger charge is 2.44. The van der Waals surface area contributed by atoms with Gasteiger partial charge in [0.1, 0.15) is 5.54 Å². The maximum Gasteiger partial charge on any atom is 0.238 e. The van der Waals surface area contributed by atoms with Crippen molar-refractivity contribution in [2.75, 3.05) is 26.2 Å². The van der Waals surface area contributed by atoms with E-state index < -0.39 is 11.1 Å². The van der Waals surface area contributed by atoms with Gasteiger partial charge < -0.3 is 10.8 Å². The van der Waals surface area contributed by atoms with Crippen molar-refractivity contribution in [1.29, 1.82) is 0 Å². The van der Waals surface area contributed by atoms with E-state index in [0.29, 0.717) is 0 Å². The predicted octanol–water partition coefficient (Wildman–Crippen LogP) is 2.70. The molecule has 0 radical (unpaired) electrons. The molecule has 5 nitrogen and oxygen atoms in total. The Hall–Kier alpha value is -1.43. The van der Waals surface area contributed by atoms with Crippen molar-refractivity contribution < 1.29 is 9.90 Å². The molecular weight excluding hydrogens is 350 g/mol. The predicted molar refractivity (Wildman–Crippen MR) is 113 cm³/mol. The Labute approximate surface area is 169 Å². The highest BCUT2D eigenvalue weighted by Crippen LogP contribution is 2.32. The van der Waals surface area contributed by atoms with Gasteiger partial charge in [-0.1, -0.05) is 30.7 Å². The normalized spacial score (nSPS) is 21.5. The Morgan fingerprint density at radius 2 is 1.61 bits per heavy atom. The third kappa shape index (κ3) is 5.34. The van der Waals surface area contributed by atoms with Crippen molar-refractivity contribution in [2.45, 2.75) is 76.5 Å². The maximum absolute atomic E-state index is 12.4. The third-order valence-corrected chi connectivity index (χ3v) is 6.56. The van der Waals surface area contributed by atoms with Crippen molar-refractivity contribution in [2.24, 2.45) is 5.73 Å². The van der Waals surface area contributed by atoms with Crippen LogP contribution in [0.3, 0.4) is 0 Å². The monoisotopic (exact) mass is 387 g/mol. The Kier molecular flexibility index (Phi) is 6.79. The average Bonchev–Trinajstić information content (AvgIpc) is 2.68. The van der Waals surface area contributed by atoms with Gasteiger partial charge in [0.2, 0.25) is 5.91 Å². The van der Waals surface area contributed by atoms with Crippen molar-refractivity contribution in [1.82, 2.24) is 9.80 Å². The summed E-state index contributed by atoms with van der Waals surface area (Å²) in [4.78, 5) is 17.2. The van der Waals surface area contributed by atoms with E-state index in [4.69, 9.17) is 5.73 Å². The molecule has 156 valence electrons. The van der Waals surface area contributed by atoms with Crippen LogP contribution in [0, 0.1) is 0 Å². The molecule has 1 aromatic rings. The van der Waals surface area contributed by atoms with Crippen LogP contribution in [-0.4, -0.2) is 58.1 Å². The van der Waals surface area contributed by atoms with Gasteiger partial charge in [-0.2, -0.15) is 0 Å². The van der Waals surface area contributed by atoms with Gasteiger partial charge in [-0.15, -0.1) is 0 Å². The minimum atomic E-state index is -0.617. The zero-order chi connectivity index (χ0) is 20.2. The van der Waals surface area contributed by atoms with Crippen LogP contribution in [0.4, 0.5) is 0 Å². The van der Waals surface area contributed by atoms with Gasteiger partial charge in [0.15, 0.2) is 0 Å². The SMILES string of the molecule is CC(C)(O)CCc1ccc(CN2CCC(C(N)=O)(N3CCCCC3)CC2)cc1. The Morgan fingerprint density at radius 1 is 1.04 bits per heavy atom. The van der Waals surface area contributed by atoms with Crippen molar-refractivity contribution in [3.05, 3.63) is 35.4 Å². The first-order valence-electron chi connectivity index (χ1n) is 10.9. The minimum Gasteiger partial charge on any atom is -0.390 e. The summed E-state index contributed by atoms with van der Waals surface area (Å²) in [7, 11) is 0. The number of benzene rings is 1. The van der Waals surface area contributed by atoms with E-state index in [0.717, 1.165) is 58.4 Å². The molecule has 3 N–H and O–H groups in total. The van der Waals surface area contributed by atoms with Gasteiger partial charge in [0.25, 0.3) is 0 Å². The molecule has 5 heteroatoms. The lowest BCUT2D eigenvalue weighted by atomic mass is 9.83. The lowest BCUT2D eigenvalue weighted by Crippen LogP contribution is -2.63. The lowest BCUT2D eigenvalue weighted by Gasteiger charge is -2.48. The fraction of sp³-hybridized carbons (Fsp3) is 0.696. The molecule has 0 unspecified atom stereocenters. The molecular formula is C23H37N3O2. The van der Waals surface area contributed by atoms with E-state index >= 15 is 0 Å². The summed E-state index contributed by atoms with van der Waals surface area (Å²) in [5.74, 6) is -0.134. The molecule has 28 heavy (non-hydrogen) atoms. The van der Waals surface area contributed by atoms with Crippen LogP contribution in [0.2, 0.25) is 0 Å². The number of nitrogens with two attached hydrogens (primary N) is 1. The number of piperidine rings is 2. The van der Waals surface area contributed by atoms with Crippen LogP contribution in [0.25, 0.3) is 0 Å². The summed E-state index contributed by atoms with van der Waals surface area (Å²) < 4.78 is 0. The summed E-state index contributed by atoms with van der Waals surface area (Å²) in [6, 6.07) is 8.74. The lowest BCUT2D eigenvalue weighted by molar-refractivity contribution is -0.135. The number of aryl methyl sites for hydroxylation is 1. The first-order valence-corrected chi connectivity index (χ1v) is 10.9. The number of primary amides is 1. The Balaban J connectivity index is 1.54. The van der Waals surface area contributed by atoms with E-state index in [1.165, 1.54) is 30.4 Å². The molecule has 0 atom stereocenters. The molecule has 3 rings (SSSR count). The second-order valence-electron chi connectivity index (χ2n) is 9.35. The van der Waals surface area contributed by atoms with E-state index in [1.807, 2.05) is 13.8 Å². The third-order valence-electron chi connectivity index (χ3n) is 6.56. The van der Waals surface area contributed by atoms with Gasteiger partial charge in [0, 0.05) is 19.6 Å². The number of hydrogen-bond acceptors (Lipinski definition) is 4. The number of carbonyl (C=O) groups excluding carboxylic acids is 1. The topological polar surface area (TPSA) is 69.8 Å². The van der Waals surface area contributed by atoms with Crippen LogP contribution in [0.15, 0.2) is 24.3 Å². The van der Waals surface area contributed by atoms with Crippen molar-refractivity contribution in [3.63, 3.8) is 0 Å². The van der Waals surface area contributed by atoms with Gasteiger partial charge in [-0.25, -0.2) is 0 Å². The second kappa shape index (κ2) is 8.93. The molecule has 0 aromatic heterocycles. The number of hydrogen-bond donors (Lipinski definition) is 2. The highest BCUT2D eigenvalue weighted by atomic mass is 16.3. The van der Waals surface area contributed by atoms with Crippen molar-refractivity contribution >= 4 is 5.91 Å². The Bertz CT molecular complexity index is 637. The van der Waals surface area contributed by atoms with Crippen molar-refractivity contribution in [3.8, 4) is 0 Å². The number of aliphatic hydroxyl groups is 1. The molecule has 2 saturated heterocycles. The summed E-state index contributed by atoms with van der Waals surface area (Å²) in [6.07, 6.45) is 6.97. The van der Waals surface area contributed by atoms with Crippen LogP contribution < -0.4 is 5.73 Å². The second-order valence-corrected chi connectivity index (χ2v) is 9.35. The van der Waals surface area contributed by atoms with E-state index in [1.54, 1.807) is 0 Å². The molecule has 0 aliphatic carbocycles. The molecule has 2 aliphatic rings. The summed E-state index contributed by atoms with van der Waals surface area (Å²) >= 11 is 0. The number of rotatable bonds is 7. The molecule has 0 saturated carbocycles. The fourth-order valence-electron chi connectivity index (χ4n) is 4.64. The number of nitrogens with zero attached hydrogens (tertiary/aromatic N) is 2. The molecule has 0 spiro atoms. The molecule has 2 heterocycles. The first kappa shape index (κ1) is 21.3. The van der Waals surface area contributed by atoms with E-state index in [2.05, 4.69) is 34.1 Å². The standard InChI is InChI=1S/C23H37N3O2/c1-22(2,28)11-10-19-6-8-20(9-7-19)18-25-16-12-23(13-17-25,21(24)27)26-14-4-3-5-15-26/h6-9,28H,3-5,10-18H2,1-2H3,(H2,24,27). The van der Waals surface area contributed by atoms with Gasteiger partial charge >= 0.3 is 0 Å². The van der Waals surface area contributed by atoms with Crippen LogP contribution in [0.5, 0.6) is 0 Å². The largest absolute Gasteiger partial charge is 0.390 e. The van der Waals surface area contributed by atoms with E-state index in [9.17, 15) is 9.90 Å². The Morgan fingerprint density at radius 3 is 2.14 bits per heavy atom. The quantitative estimate of drug-likeness (QED) is 0.755. The zero-order valence-corrected chi connectivity index (χ0v) is 17.6. The average molecular weight is 388 g/mol. The maximum atomic E-state index is 12.4. The first-order chi connectivity index (χ1) is 13.3. The van der Waals surface area contributed by atoms with Crippen LogP contribution >= 0.6 is 0 Å². The molecule has 2 aliphatic heterocycles. The molecule has 0 bridgehead atoms. The number of amides is 1. The van der Waals surface area contributed by atoms with Gasteiger partial charge in [0.05, 0.1) is 5.60 Å². The number of carbonyl (C=O) groups is 1. The summed E-state index contributed by atoms with van der Waals surface area (Å²) in [6.45, 7) is 8.48. The zero-order valence-electron chi connectivity index (χ0n) is 17.6. The van der Waals surface area contributed by atoms with Crippen LogP contribution in [0.1, 0.15) is 63.5 Å². The molecule has 1 amide bonds. The van der Waals surface area contributed by atoms with Crippen LogP contribution in [-0.2, 0) is 17.8 Å². The van der Waals surface area contributed by atoms with Gasteiger partial charge in [-0.05, 0) is 76.6 Å². The summed E-state index contributed by atoms with van der Waals surface area (Å²) in [5.41, 5.74) is 7.41. The van der Waals surface area contributed by atoms with Gasteiger partial charge in [-0.3, -0.25) is 14.6 Å². The summed E-state index contributed by atoms with van der Waals surface area (Å²) in [5, 5.41) is 9.88. The number of likely N-dealkylation sites (tertiary alicyclic amines) is 2. The minimum absolute atomic E-state index is 0.134.